The second-order valence-electron chi connectivity index (χ2n) is 6.26. The predicted molar refractivity (Wildman–Crippen MR) is 101 cm³/mol. The Morgan fingerprint density at radius 2 is 2.00 bits per heavy atom. The van der Waals surface area contributed by atoms with Crippen LogP contribution >= 0.6 is 11.6 Å². The molecule has 0 spiro atoms. The second-order valence-corrected chi connectivity index (χ2v) is 6.67. The molecule has 0 bridgehead atoms. The number of hydrogen-bond donors (Lipinski definition) is 0. The van der Waals surface area contributed by atoms with E-state index >= 15 is 0 Å². The molecule has 1 saturated heterocycles. The summed E-state index contributed by atoms with van der Waals surface area (Å²) < 4.78 is 5.59. The van der Waals surface area contributed by atoms with Gasteiger partial charge in [0.2, 0.25) is 5.91 Å². The number of rotatable bonds is 6. The van der Waals surface area contributed by atoms with E-state index in [1.54, 1.807) is 28.0 Å². The van der Waals surface area contributed by atoms with Gasteiger partial charge in [0, 0.05) is 23.7 Å². The van der Waals surface area contributed by atoms with E-state index in [4.69, 9.17) is 16.3 Å². The highest BCUT2D eigenvalue weighted by Crippen LogP contribution is 2.24. The number of hydrogen-bond acceptors (Lipinski definition) is 3. The van der Waals surface area contributed by atoms with Crippen LogP contribution in [0.15, 0.2) is 48.5 Å². The van der Waals surface area contributed by atoms with Gasteiger partial charge < -0.3 is 9.64 Å². The van der Waals surface area contributed by atoms with Crippen molar-refractivity contribution in [2.45, 2.75) is 19.8 Å². The molecule has 0 aromatic heterocycles. The molecule has 0 saturated carbocycles. The topological polar surface area (TPSA) is 49.9 Å². The SMILES string of the molecule is Cc1ccc(N(CN2CCCC2=O)C(=O)COc2ccccc2)cc1Cl. The number of halogens is 1. The van der Waals surface area contributed by atoms with Crippen LogP contribution in [0.2, 0.25) is 5.02 Å². The molecule has 0 radical (unpaired) electrons. The van der Waals surface area contributed by atoms with Crippen molar-refractivity contribution in [3.8, 4) is 5.75 Å². The third kappa shape index (κ3) is 4.35. The summed E-state index contributed by atoms with van der Waals surface area (Å²) in [5, 5.41) is 0.581. The van der Waals surface area contributed by atoms with E-state index < -0.39 is 0 Å². The van der Waals surface area contributed by atoms with Crippen LogP contribution in [0.1, 0.15) is 18.4 Å². The number of anilines is 1. The predicted octanol–water partition coefficient (Wildman–Crippen LogP) is 3.64. The first-order chi connectivity index (χ1) is 12.5. The summed E-state index contributed by atoms with van der Waals surface area (Å²) in [5.41, 5.74) is 1.59. The van der Waals surface area contributed by atoms with E-state index in [2.05, 4.69) is 0 Å². The van der Waals surface area contributed by atoms with Gasteiger partial charge in [-0.3, -0.25) is 14.5 Å². The first kappa shape index (κ1) is 18.3. The molecule has 5 nitrogen and oxygen atoms in total. The van der Waals surface area contributed by atoms with Crippen molar-refractivity contribution in [2.24, 2.45) is 0 Å². The van der Waals surface area contributed by atoms with Gasteiger partial charge in [-0.05, 0) is 43.2 Å². The minimum Gasteiger partial charge on any atom is -0.484 e. The minimum atomic E-state index is -0.228. The maximum Gasteiger partial charge on any atom is 0.266 e. The fraction of sp³-hybridized carbons (Fsp3) is 0.300. The number of ether oxygens (including phenoxy) is 1. The summed E-state index contributed by atoms with van der Waals surface area (Å²) >= 11 is 6.23. The maximum atomic E-state index is 12.8. The van der Waals surface area contributed by atoms with Crippen molar-refractivity contribution >= 4 is 29.1 Å². The molecular formula is C20H21ClN2O3. The van der Waals surface area contributed by atoms with Crippen LogP contribution in [0.5, 0.6) is 5.75 Å². The lowest BCUT2D eigenvalue weighted by molar-refractivity contribution is -0.128. The molecule has 2 amide bonds. The summed E-state index contributed by atoms with van der Waals surface area (Å²) in [5.74, 6) is 0.457. The summed E-state index contributed by atoms with van der Waals surface area (Å²) in [6, 6.07) is 14.6. The van der Waals surface area contributed by atoms with Crippen LogP contribution in [0, 0.1) is 6.92 Å². The van der Waals surface area contributed by atoms with E-state index in [0.29, 0.717) is 29.4 Å². The molecule has 2 aromatic carbocycles. The van der Waals surface area contributed by atoms with Crippen LogP contribution in [0.3, 0.4) is 0 Å². The number of nitrogens with zero attached hydrogens (tertiary/aromatic N) is 2. The molecule has 0 N–H and O–H groups in total. The minimum absolute atomic E-state index is 0.0602. The van der Waals surface area contributed by atoms with Crippen LogP contribution in [0.4, 0.5) is 5.69 Å². The molecule has 0 atom stereocenters. The van der Waals surface area contributed by atoms with Crippen LogP contribution in [0.25, 0.3) is 0 Å². The fourth-order valence-electron chi connectivity index (χ4n) is 2.82. The van der Waals surface area contributed by atoms with Crippen LogP contribution in [-0.4, -0.2) is 36.5 Å². The van der Waals surface area contributed by atoms with E-state index in [-0.39, 0.29) is 25.1 Å². The highest BCUT2D eigenvalue weighted by atomic mass is 35.5. The molecule has 3 rings (SSSR count). The molecule has 0 aliphatic carbocycles. The molecule has 6 heteroatoms. The van der Waals surface area contributed by atoms with Gasteiger partial charge in [0.15, 0.2) is 6.61 Å². The Balaban J connectivity index is 1.78. The maximum absolute atomic E-state index is 12.8. The molecule has 2 aromatic rings. The van der Waals surface area contributed by atoms with Gasteiger partial charge >= 0.3 is 0 Å². The van der Waals surface area contributed by atoms with Crippen molar-refractivity contribution in [1.82, 2.24) is 4.90 Å². The van der Waals surface area contributed by atoms with Crippen molar-refractivity contribution in [3.05, 3.63) is 59.1 Å². The van der Waals surface area contributed by atoms with Crippen molar-refractivity contribution in [1.29, 1.82) is 0 Å². The van der Waals surface area contributed by atoms with Crippen molar-refractivity contribution in [2.75, 3.05) is 24.7 Å². The third-order valence-electron chi connectivity index (χ3n) is 4.36. The van der Waals surface area contributed by atoms with E-state index in [0.717, 1.165) is 12.0 Å². The van der Waals surface area contributed by atoms with Gasteiger partial charge in [0.05, 0.1) is 0 Å². The molecular weight excluding hydrogens is 352 g/mol. The highest BCUT2D eigenvalue weighted by Gasteiger charge is 2.26. The molecule has 1 heterocycles. The monoisotopic (exact) mass is 372 g/mol. The number of para-hydroxylation sites is 1. The Kier molecular flexibility index (Phi) is 5.78. The van der Waals surface area contributed by atoms with Crippen molar-refractivity contribution in [3.63, 3.8) is 0 Å². The van der Waals surface area contributed by atoms with E-state index in [1.807, 2.05) is 37.3 Å². The second kappa shape index (κ2) is 8.23. The zero-order valence-corrected chi connectivity index (χ0v) is 15.4. The van der Waals surface area contributed by atoms with Gasteiger partial charge in [-0.1, -0.05) is 35.9 Å². The van der Waals surface area contributed by atoms with E-state index in [9.17, 15) is 9.59 Å². The summed E-state index contributed by atoms with van der Waals surface area (Å²) in [7, 11) is 0. The lowest BCUT2D eigenvalue weighted by atomic mass is 10.2. The molecule has 26 heavy (non-hydrogen) atoms. The van der Waals surface area contributed by atoms with Crippen molar-refractivity contribution < 1.29 is 14.3 Å². The van der Waals surface area contributed by atoms with Gasteiger partial charge in [-0.15, -0.1) is 0 Å². The number of amides is 2. The Bertz CT molecular complexity index is 795. The Labute approximate surface area is 158 Å². The Morgan fingerprint density at radius 3 is 2.65 bits per heavy atom. The zero-order valence-electron chi connectivity index (χ0n) is 14.7. The smallest absolute Gasteiger partial charge is 0.266 e. The molecule has 0 unspecified atom stereocenters. The largest absolute Gasteiger partial charge is 0.484 e. The molecule has 1 aliphatic rings. The average Bonchev–Trinajstić information content (AvgIpc) is 3.06. The lowest BCUT2D eigenvalue weighted by Crippen LogP contribution is -2.44. The number of carbonyl (C=O) groups is 2. The summed E-state index contributed by atoms with van der Waals surface area (Å²) in [4.78, 5) is 28.1. The summed E-state index contributed by atoms with van der Waals surface area (Å²) in [6.07, 6.45) is 1.34. The van der Waals surface area contributed by atoms with Gasteiger partial charge in [0.1, 0.15) is 12.4 Å². The van der Waals surface area contributed by atoms with Gasteiger partial charge in [-0.2, -0.15) is 0 Å². The van der Waals surface area contributed by atoms with Gasteiger partial charge in [-0.25, -0.2) is 0 Å². The van der Waals surface area contributed by atoms with Gasteiger partial charge in [0.25, 0.3) is 5.91 Å². The normalized spacial score (nSPS) is 13.8. The molecule has 1 aliphatic heterocycles. The first-order valence-electron chi connectivity index (χ1n) is 8.57. The first-order valence-corrected chi connectivity index (χ1v) is 8.94. The van der Waals surface area contributed by atoms with Crippen LogP contribution in [-0.2, 0) is 9.59 Å². The Hall–Kier alpha value is -2.53. The fourth-order valence-corrected chi connectivity index (χ4v) is 2.99. The van der Waals surface area contributed by atoms with Crippen LogP contribution < -0.4 is 9.64 Å². The standard InChI is InChI=1S/C20H21ClN2O3/c1-15-9-10-16(12-18(15)21)23(14-22-11-5-8-19(22)24)20(25)13-26-17-6-3-2-4-7-17/h2-4,6-7,9-10,12H,5,8,11,13-14H2,1H3. The average molecular weight is 373 g/mol. The molecule has 1 fully saturated rings. The number of likely N-dealkylation sites (tertiary alicyclic amines) is 1. The highest BCUT2D eigenvalue weighted by molar-refractivity contribution is 6.31. The molecule has 136 valence electrons. The van der Waals surface area contributed by atoms with E-state index in [1.165, 1.54) is 0 Å². The quantitative estimate of drug-likeness (QED) is 0.777. The number of aryl methyl sites for hydroxylation is 1. The third-order valence-corrected chi connectivity index (χ3v) is 4.76. The zero-order chi connectivity index (χ0) is 18.5. The number of benzene rings is 2. The summed E-state index contributed by atoms with van der Waals surface area (Å²) in [6.45, 7) is 2.65. The number of carbonyl (C=O) groups excluding carboxylic acids is 2. The Morgan fingerprint density at radius 1 is 1.23 bits per heavy atom. The lowest BCUT2D eigenvalue weighted by Gasteiger charge is -2.28.